The molecule has 0 N–H and O–H groups in total. The fourth-order valence-corrected chi connectivity index (χ4v) is 2.33. The van der Waals surface area contributed by atoms with Gasteiger partial charge in [-0.1, -0.05) is 13.8 Å². The van der Waals surface area contributed by atoms with E-state index in [2.05, 4.69) is 13.8 Å². The molecule has 2 saturated carbocycles. The van der Waals surface area contributed by atoms with Gasteiger partial charge in [0.2, 0.25) is 0 Å². The van der Waals surface area contributed by atoms with Gasteiger partial charge in [0.1, 0.15) is 5.78 Å². The van der Waals surface area contributed by atoms with Crippen LogP contribution in [0, 0.1) is 17.3 Å². The van der Waals surface area contributed by atoms with Crippen molar-refractivity contribution in [3.63, 3.8) is 0 Å². The lowest BCUT2D eigenvalue weighted by Gasteiger charge is -2.23. The zero-order valence-electron chi connectivity index (χ0n) is 6.68. The van der Waals surface area contributed by atoms with Crippen molar-refractivity contribution in [1.29, 1.82) is 0 Å². The van der Waals surface area contributed by atoms with Crippen molar-refractivity contribution in [2.75, 3.05) is 0 Å². The number of carbonyl (C=O) groups is 1. The molecule has 0 aliphatic heterocycles. The number of fused-ring (bicyclic) bond motifs is 1. The average molecular weight is 138 g/mol. The zero-order valence-corrected chi connectivity index (χ0v) is 6.68. The lowest BCUT2D eigenvalue weighted by molar-refractivity contribution is -0.126. The lowest BCUT2D eigenvalue weighted by Crippen LogP contribution is -2.25. The second kappa shape index (κ2) is 1.63. The Hall–Kier alpha value is -0.330. The number of rotatable bonds is 0. The molecular weight excluding hydrogens is 124 g/mol. The monoisotopic (exact) mass is 138 g/mol. The fourth-order valence-electron chi connectivity index (χ4n) is 2.33. The van der Waals surface area contributed by atoms with Crippen molar-refractivity contribution < 1.29 is 4.79 Å². The van der Waals surface area contributed by atoms with E-state index in [9.17, 15) is 4.79 Å². The molecule has 2 aliphatic rings. The van der Waals surface area contributed by atoms with Crippen LogP contribution >= 0.6 is 0 Å². The highest BCUT2D eigenvalue weighted by Crippen LogP contribution is 2.62. The highest BCUT2D eigenvalue weighted by molar-refractivity contribution is 5.83. The average Bonchev–Trinajstić information content (AvgIpc) is 2.55. The summed E-state index contributed by atoms with van der Waals surface area (Å²) in [4.78, 5) is 11.2. The Balaban J connectivity index is 2.20. The molecule has 2 aliphatic carbocycles. The summed E-state index contributed by atoms with van der Waals surface area (Å²) in [5.74, 6) is 1.74. The van der Waals surface area contributed by atoms with Crippen molar-refractivity contribution in [3.8, 4) is 0 Å². The number of Topliss-reactive ketones (excluding diaryl/α,β-unsaturated/α-hetero) is 1. The van der Waals surface area contributed by atoms with E-state index in [1.807, 2.05) is 0 Å². The summed E-state index contributed by atoms with van der Waals surface area (Å²) in [7, 11) is 0. The predicted octanol–water partition coefficient (Wildman–Crippen LogP) is 2.01. The fraction of sp³-hybridized carbons (Fsp3) is 0.889. The molecule has 0 aromatic heterocycles. The maximum atomic E-state index is 11.2. The van der Waals surface area contributed by atoms with Crippen LogP contribution in [0.15, 0.2) is 0 Å². The maximum absolute atomic E-state index is 11.2. The molecule has 0 radical (unpaired) electrons. The molecule has 0 bridgehead atoms. The van der Waals surface area contributed by atoms with Gasteiger partial charge in [-0.2, -0.15) is 0 Å². The summed E-state index contributed by atoms with van der Waals surface area (Å²) < 4.78 is 0. The van der Waals surface area contributed by atoms with Gasteiger partial charge in [0.15, 0.2) is 0 Å². The quantitative estimate of drug-likeness (QED) is 0.500. The van der Waals surface area contributed by atoms with Gasteiger partial charge in [0.05, 0.1) is 0 Å². The predicted molar refractivity (Wildman–Crippen MR) is 39.6 cm³/mol. The van der Waals surface area contributed by atoms with Crippen molar-refractivity contribution in [2.24, 2.45) is 17.3 Å². The van der Waals surface area contributed by atoms with E-state index < -0.39 is 0 Å². The molecule has 0 unspecified atom stereocenters. The third-order valence-electron chi connectivity index (χ3n) is 3.67. The first kappa shape index (κ1) is 6.38. The Morgan fingerprint density at radius 2 is 2.30 bits per heavy atom. The Bertz CT molecular complexity index is 185. The van der Waals surface area contributed by atoms with Crippen molar-refractivity contribution in [1.82, 2.24) is 0 Å². The first-order valence-corrected chi connectivity index (χ1v) is 4.17. The van der Waals surface area contributed by atoms with Crippen molar-refractivity contribution >= 4 is 5.78 Å². The van der Waals surface area contributed by atoms with Gasteiger partial charge in [0.25, 0.3) is 0 Å². The summed E-state index contributed by atoms with van der Waals surface area (Å²) in [6, 6.07) is 0. The standard InChI is InChI=1S/C9H14O/c1-6-8(10)4-3-7-5-9(6,7)2/h6-7H,3-5H2,1-2H3/t6-,7-,9-/m1/s1. The Morgan fingerprint density at radius 3 is 2.90 bits per heavy atom. The van der Waals surface area contributed by atoms with Crippen LogP contribution in [0.4, 0.5) is 0 Å². The van der Waals surface area contributed by atoms with E-state index >= 15 is 0 Å². The Morgan fingerprint density at radius 1 is 1.60 bits per heavy atom. The van der Waals surface area contributed by atoms with E-state index in [-0.39, 0.29) is 0 Å². The van der Waals surface area contributed by atoms with Crippen LogP contribution < -0.4 is 0 Å². The van der Waals surface area contributed by atoms with Gasteiger partial charge < -0.3 is 0 Å². The molecule has 3 atom stereocenters. The Labute approximate surface area is 61.8 Å². The van der Waals surface area contributed by atoms with E-state index in [1.54, 1.807) is 0 Å². The first-order chi connectivity index (χ1) is 4.64. The summed E-state index contributed by atoms with van der Waals surface area (Å²) in [6.07, 6.45) is 3.32. The summed E-state index contributed by atoms with van der Waals surface area (Å²) in [5.41, 5.74) is 0.426. The maximum Gasteiger partial charge on any atom is 0.136 e. The van der Waals surface area contributed by atoms with Gasteiger partial charge in [-0.25, -0.2) is 0 Å². The first-order valence-electron chi connectivity index (χ1n) is 4.17. The molecule has 0 heterocycles. The molecule has 0 saturated heterocycles. The number of carbonyl (C=O) groups excluding carboxylic acids is 1. The SMILES string of the molecule is C[C@@H]1C(=O)CC[C@@H]2C[C@@]21C. The van der Waals surface area contributed by atoms with Gasteiger partial charge in [0, 0.05) is 12.3 Å². The highest BCUT2D eigenvalue weighted by Gasteiger charge is 2.57. The summed E-state index contributed by atoms with van der Waals surface area (Å²) in [5, 5.41) is 0. The molecule has 0 aromatic carbocycles. The summed E-state index contributed by atoms with van der Waals surface area (Å²) in [6.45, 7) is 4.36. The lowest BCUT2D eigenvalue weighted by atomic mass is 9.80. The van der Waals surface area contributed by atoms with Crippen LogP contribution in [0.2, 0.25) is 0 Å². The molecule has 2 rings (SSSR count). The second-order valence-electron chi connectivity index (χ2n) is 4.13. The third-order valence-corrected chi connectivity index (χ3v) is 3.67. The van der Waals surface area contributed by atoms with Crippen LogP contribution in [0.1, 0.15) is 33.1 Å². The van der Waals surface area contributed by atoms with Gasteiger partial charge in [-0.15, -0.1) is 0 Å². The van der Waals surface area contributed by atoms with Gasteiger partial charge >= 0.3 is 0 Å². The van der Waals surface area contributed by atoms with E-state index in [4.69, 9.17) is 0 Å². The largest absolute Gasteiger partial charge is 0.299 e. The molecule has 0 aromatic rings. The second-order valence-corrected chi connectivity index (χ2v) is 4.13. The molecule has 1 heteroatoms. The van der Waals surface area contributed by atoms with E-state index in [0.29, 0.717) is 17.1 Å². The smallest absolute Gasteiger partial charge is 0.136 e. The van der Waals surface area contributed by atoms with Gasteiger partial charge in [-0.05, 0) is 24.2 Å². The molecule has 2 fully saturated rings. The highest BCUT2D eigenvalue weighted by atomic mass is 16.1. The van der Waals surface area contributed by atoms with Crippen molar-refractivity contribution in [2.45, 2.75) is 33.1 Å². The van der Waals surface area contributed by atoms with E-state index in [1.165, 1.54) is 12.8 Å². The van der Waals surface area contributed by atoms with Crippen LogP contribution in [0.25, 0.3) is 0 Å². The molecule has 0 spiro atoms. The number of ketones is 1. The number of hydrogen-bond acceptors (Lipinski definition) is 1. The van der Waals surface area contributed by atoms with Crippen molar-refractivity contribution in [3.05, 3.63) is 0 Å². The van der Waals surface area contributed by atoms with Crippen LogP contribution in [0.5, 0.6) is 0 Å². The topological polar surface area (TPSA) is 17.1 Å². The van der Waals surface area contributed by atoms with E-state index in [0.717, 1.165) is 12.3 Å². The molecule has 56 valence electrons. The Kier molecular flexibility index (Phi) is 1.04. The summed E-state index contributed by atoms with van der Waals surface area (Å²) >= 11 is 0. The van der Waals surface area contributed by atoms with Crippen LogP contribution in [0.3, 0.4) is 0 Å². The molecule has 1 nitrogen and oxygen atoms in total. The zero-order chi connectivity index (χ0) is 7.35. The normalized spacial score (nSPS) is 52.4. The van der Waals surface area contributed by atoms with Gasteiger partial charge in [-0.3, -0.25) is 4.79 Å². The molecular formula is C9H14O. The molecule has 0 amide bonds. The number of hydrogen-bond donors (Lipinski definition) is 0. The van der Waals surface area contributed by atoms with Crippen LogP contribution in [-0.2, 0) is 4.79 Å². The van der Waals surface area contributed by atoms with Crippen LogP contribution in [-0.4, -0.2) is 5.78 Å². The minimum Gasteiger partial charge on any atom is -0.299 e. The third kappa shape index (κ3) is 0.609. The molecule has 10 heavy (non-hydrogen) atoms. The minimum absolute atomic E-state index is 0.353. The minimum atomic E-state index is 0.353.